The summed E-state index contributed by atoms with van der Waals surface area (Å²) in [6.45, 7) is 0. The lowest BCUT2D eigenvalue weighted by molar-refractivity contribution is -0.115. The van der Waals surface area contributed by atoms with E-state index >= 15 is 0 Å². The van der Waals surface area contributed by atoms with Gasteiger partial charge in [0.25, 0.3) is 5.91 Å². The van der Waals surface area contributed by atoms with Crippen LogP contribution < -0.4 is 14.8 Å². The fraction of sp³-hybridized carbons (Fsp3) is 0.0417. The normalized spacial score (nSPS) is 15.6. The van der Waals surface area contributed by atoms with Crippen LogP contribution in [-0.4, -0.2) is 24.2 Å². The zero-order valence-electron chi connectivity index (χ0n) is 16.9. The third-order valence-electron chi connectivity index (χ3n) is 4.42. The molecule has 1 fully saturated rings. The predicted molar refractivity (Wildman–Crippen MR) is 127 cm³/mol. The second-order valence-corrected chi connectivity index (χ2v) is 8.11. The van der Waals surface area contributed by atoms with Crippen molar-refractivity contribution in [2.45, 2.75) is 0 Å². The second-order valence-electron chi connectivity index (χ2n) is 6.65. The molecule has 1 saturated heterocycles. The quantitative estimate of drug-likeness (QED) is 0.308. The number of amidine groups is 1. The number of ether oxygens (including phenoxy) is 2. The number of rotatable bonds is 5. The molecule has 160 valence electrons. The topological polar surface area (TPSA) is 77.0 Å². The third-order valence-corrected chi connectivity index (χ3v) is 5.58. The van der Waals surface area contributed by atoms with Gasteiger partial charge in [-0.05, 0) is 84.1 Å². The van der Waals surface area contributed by atoms with Gasteiger partial charge in [-0.1, -0.05) is 23.7 Å². The van der Waals surface area contributed by atoms with Crippen molar-refractivity contribution in [3.8, 4) is 11.5 Å². The summed E-state index contributed by atoms with van der Waals surface area (Å²) in [4.78, 5) is 29.5. The fourth-order valence-electron chi connectivity index (χ4n) is 2.79. The first-order valence-corrected chi connectivity index (χ1v) is 10.7. The Labute approximate surface area is 193 Å². The molecule has 0 aliphatic carbocycles. The van der Waals surface area contributed by atoms with E-state index in [1.54, 1.807) is 73.8 Å². The largest absolute Gasteiger partial charge is 0.497 e. The standard InChI is InChI=1S/C24H17ClN2O4S/c1-30-19-12-8-18(9-13-19)26-24-27-22(28)21(32-24)14-15-2-10-20(11-3-15)31-23(29)16-4-6-17(25)7-5-16/h2-14H,1H3,(H,26,27,28)/b21-14-. The van der Waals surface area contributed by atoms with Crippen molar-refractivity contribution in [3.05, 3.63) is 93.9 Å². The van der Waals surface area contributed by atoms with Crippen LogP contribution >= 0.6 is 23.4 Å². The minimum Gasteiger partial charge on any atom is -0.497 e. The third kappa shape index (κ3) is 5.38. The number of hydrogen-bond acceptors (Lipinski definition) is 6. The Bertz CT molecular complexity index is 1200. The van der Waals surface area contributed by atoms with Crippen molar-refractivity contribution in [3.63, 3.8) is 0 Å². The van der Waals surface area contributed by atoms with E-state index < -0.39 is 5.97 Å². The Morgan fingerprint density at radius 3 is 2.28 bits per heavy atom. The number of carbonyl (C=O) groups is 2. The molecule has 1 aliphatic heterocycles. The molecule has 0 unspecified atom stereocenters. The van der Waals surface area contributed by atoms with Crippen molar-refractivity contribution in [2.24, 2.45) is 4.99 Å². The van der Waals surface area contributed by atoms with Crippen LogP contribution in [0.3, 0.4) is 0 Å². The van der Waals surface area contributed by atoms with Crippen LogP contribution in [0.25, 0.3) is 6.08 Å². The molecule has 0 spiro atoms. The Hall–Kier alpha value is -3.55. The maximum Gasteiger partial charge on any atom is 0.343 e. The summed E-state index contributed by atoms with van der Waals surface area (Å²) in [5, 5.41) is 3.80. The van der Waals surface area contributed by atoms with Gasteiger partial charge in [-0.2, -0.15) is 0 Å². The van der Waals surface area contributed by atoms with Gasteiger partial charge in [0.15, 0.2) is 5.17 Å². The van der Waals surface area contributed by atoms with Gasteiger partial charge in [-0.3, -0.25) is 4.79 Å². The van der Waals surface area contributed by atoms with Crippen molar-refractivity contribution in [1.29, 1.82) is 0 Å². The zero-order chi connectivity index (χ0) is 22.5. The van der Waals surface area contributed by atoms with E-state index in [9.17, 15) is 9.59 Å². The van der Waals surface area contributed by atoms with E-state index in [-0.39, 0.29) is 5.91 Å². The number of hydrogen-bond donors (Lipinski definition) is 1. The number of aliphatic imine (C=N–C) groups is 1. The maximum atomic E-state index is 12.3. The van der Waals surface area contributed by atoms with Gasteiger partial charge in [-0.25, -0.2) is 9.79 Å². The zero-order valence-corrected chi connectivity index (χ0v) is 18.4. The Balaban J connectivity index is 1.42. The molecule has 1 aliphatic rings. The van der Waals surface area contributed by atoms with E-state index in [4.69, 9.17) is 21.1 Å². The Morgan fingerprint density at radius 1 is 0.969 bits per heavy atom. The van der Waals surface area contributed by atoms with Gasteiger partial charge in [0, 0.05) is 5.02 Å². The molecule has 0 atom stereocenters. The summed E-state index contributed by atoms with van der Waals surface area (Å²) >= 11 is 7.09. The van der Waals surface area contributed by atoms with E-state index in [2.05, 4.69) is 10.3 Å². The number of halogens is 1. The van der Waals surface area contributed by atoms with Crippen LogP contribution in [-0.2, 0) is 4.79 Å². The number of nitrogens with zero attached hydrogens (tertiary/aromatic N) is 1. The SMILES string of the molecule is COc1ccc(N=C2NC(=O)/C(=C/c3ccc(OC(=O)c4ccc(Cl)cc4)cc3)S2)cc1. The molecule has 3 aromatic carbocycles. The van der Waals surface area contributed by atoms with E-state index in [1.807, 2.05) is 12.1 Å². The predicted octanol–water partition coefficient (Wildman–Crippen LogP) is 5.46. The molecule has 0 aromatic heterocycles. The number of thioether (sulfide) groups is 1. The Kier molecular flexibility index (Phi) is 6.58. The number of amides is 1. The first-order chi connectivity index (χ1) is 15.5. The maximum absolute atomic E-state index is 12.3. The van der Waals surface area contributed by atoms with Gasteiger partial charge in [0.2, 0.25) is 0 Å². The van der Waals surface area contributed by atoms with Gasteiger partial charge >= 0.3 is 5.97 Å². The average molecular weight is 465 g/mol. The number of esters is 1. The highest BCUT2D eigenvalue weighted by molar-refractivity contribution is 8.18. The summed E-state index contributed by atoms with van der Waals surface area (Å²) in [5.41, 5.74) is 1.91. The second kappa shape index (κ2) is 9.72. The first-order valence-electron chi connectivity index (χ1n) is 9.51. The summed E-state index contributed by atoms with van der Waals surface area (Å²) in [6, 6.07) is 20.6. The van der Waals surface area contributed by atoms with Gasteiger partial charge < -0.3 is 14.8 Å². The number of methoxy groups -OCH3 is 1. The molecule has 6 nitrogen and oxygen atoms in total. The molecule has 32 heavy (non-hydrogen) atoms. The van der Waals surface area contributed by atoms with Crippen molar-refractivity contribution >= 4 is 52.2 Å². The van der Waals surface area contributed by atoms with Gasteiger partial charge in [0.1, 0.15) is 11.5 Å². The van der Waals surface area contributed by atoms with E-state index in [0.29, 0.717) is 32.1 Å². The van der Waals surface area contributed by atoms with Gasteiger partial charge in [-0.15, -0.1) is 0 Å². The van der Waals surface area contributed by atoms with Gasteiger partial charge in [0.05, 0.1) is 23.3 Å². The smallest absolute Gasteiger partial charge is 0.343 e. The van der Waals surface area contributed by atoms with Crippen molar-refractivity contribution in [2.75, 3.05) is 7.11 Å². The van der Waals surface area contributed by atoms with E-state index in [0.717, 1.165) is 11.3 Å². The van der Waals surface area contributed by atoms with Crippen LogP contribution in [0.4, 0.5) is 5.69 Å². The molecule has 4 rings (SSSR count). The summed E-state index contributed by atoms with van der Waals surface area (Å²) in [5.74, 6) is 0.440. The molecule has 3 aromatic rings. The molecular formula is C24H17ClN2O4S. The minimum absolute atomic E-state index is 0.222. The molecule has 0 radical (unpaired) electrons. The molecule has 1 heterocycles. The summed E-state index contributed by atoms with van der Waals surface area (Å²) in [6.07, 6.45) is 1.75. The number of carbonyl (C=O) groups excluding carboxylic acids is 2. The fourth-order valence-corrected chi connectivity index (χ4v) is 3.76. The lowest BCUT2D eigenvalue weighted by atomic mass is 10.2. The van der Waals surface area contributed by atoms with Crippen LogP contribution in [0.15, 0.2) is 82.7 Å². The molecule has 8 heteroatoms. The van der Waals surface area contributed by atoms with Crippen LogP contribution in [0.1, 0.15) is 15.9 Å². The number of nitrogens with one attached hydrogen (secondary N) is 1. The monoisotopic (exact) mass is 464 g/mol. The van der Waals surface area contributed by atoms with Crippen LogP contribution in [0.5, 0.6) is 11.5 Å². The molecule has 0 saturated carbocycles. The average Bonchev–Trinajstić information content (AvgIpc) is 3.14. The van der Waals surface area contributed by atoms with Crippen LogP contribution in [0, 0.1) is 0 Å². The minimum atomic E-state index is -0.474. The van der Waals surface area contributed by atoms with E-state index in [1.165, 1.54) is 11.8 Å². The van der Waals surface area contributed by atoms with Crippen molar-refractivity contribution in [1.82, 2.24) is 5.32 Å². The molecule has 1 amide bonds. The summed E-state index contributed by atoms with van der Waals surface area (Å²) in [7, 11) is 1.60. The highest BCUT2D eigenvalue weighted by Crippen LogP contribution is 2.29. The highest BCUT2D eigenvalue weighted by Gasteiger charge is 2.23. The lowest BCUT2D eigenvalue weighted by Crippen LogP contribution is -2.19. The Morgan fingerprint density at radius 2 is 1.62 bits per heavy atom. The van der Waals surface area contributed by atoms with Crippen molar-refractivity contribution < 1.29 is 19.1 Å². The molecular weight excluding hydrogens is 448 g/mol. The highest BCUT2D eigenvalue weighted by atomic mass is 35.5. The molecule has 0 bridgehead atoms. The number of benzene rings is 3. The molecule has 1 N–H and O–H groups in total. The summed E-state index contributed by atoms with van der Waals surface area (Å²) < 4.78 is 10.5. The van der Waals surface area contributed by atoms with Crippen LogP contribution in [0.2, 0.25) is 5.02 Å². The lowest BCUT2D eigenvalue weighted by Gasteiger charge is -2.05. The first kappa shape index (κ1) is 21.7.